The van der Waals surface area contributed by atoms with Gasteiger partial charge < -0.3 is 4.57 Å². The summed E-state index contributed by atoms with van der Waals surface area (Å²) in [5.41, 5.74) is 3.87. The Hall–Kier alpha value is -2.02. The first-order valence-electron chi connectivity index (χ1n) is 6.04. The van der Waals surface area contributed by atoms with Crippen LogP contribution in [0.3, 0.4) is 0 Å². The molecule has 0 radical (unpaired) electrons. The lowest BCUT2D eigenvalue weighted by molar-refractivity contribution is 1.10. The van der Waals surface area contributed by atoms with Crippen LogP contribution in [0.4, 0.5) is 0 Å². The minimum Gasteiger partial charge on any atom is -0.317 e. The van der Waals surface area contributed by atoms with Crippen LogP contribution in [0.1, 0.15) is 12.5 Å². The lowest BCUT2D eigenvalue weighted by atomic mass is 10.1. The van der Waals surface area contributed by atoms with E-state index in [4.69, 9.17) is 0 Å². The summed E-state index contributed by atoms with van der Waals surface area (Å²) in [4.78, 5) is 0. The smallest absolute Gasteiger partial charge is 0.0528 e. The maximum absolute atomic E-state index is 2.23. The van der Waals surface area contributed by atoms with E-state index in [1.165, 1.54) is 22.2 Å². The highest BCUT2D eigenvalue weighted by Crippen LogP contribution is 2.20. The fraction of sp³-hybridized carbons (Fsp3) is 0.125. The number of benzene rings is 2. The fourth-order valence-corrected chi connectivity index (χ4v) is 2.20. The fourth-order valence-electron chi connectivity index (χ4n) is 2.20. The molecular weight excluding hydrogens is 206 g/mol. The zero-order valence-corrected chi connectivity index (χ0v) is 9.93. The van der Waals surface area contributed by atoms with Crippen molar-refractivity contribution in [1.29, 1.82) is 0 Å². The van der Waals surface area contributed by atoms with Gasteiger partial charge in [0.05, 0.1) is 5.52 Å². The van der Waals surface area contributed by atoms with Crippen LogP contribution in [-0.4, -0.2) is 4.57 Å². The van der Waals surface area contributed by atoms with Gasteiger partial charge >= 0.3 is 0 Å². The first kappa shape index (κ1) is 10.2. The van der Waals surface area contributed by atoms with Gasteiger partial charge in [-0.3, -0.25) is 0 Å². The van der Waals surface area contributed by atoms with E-state index in [1.807, 2.05) is 0 Å². The van der Waals surface area contributed by atoms with Crippen molar-refractivity contribution < 1.29 is 0 Å². The van der Waals surface area contributed by atoms with Crippen LogP contribution < -0.4 is 0 Å². The van der Waals surface area contributed by atoms with Crippen LogP contribution >= 0.6 is 0 Å². The standard InChI is InChI=1S/C16H15N/c1-2-13-7-9-15(10-8-13)17-12-11-14-5-3-4-6-16(14)17/h3-12H,2H2,1H3. The van der Waals surface area contributed by atoms with E-state index in [-0.39, 0.29) is 0 Å². The van der Waals surface area contributed by atoms with Crippen molar-refractivity contribution in [2.75, 3.05) is 0 Å². The Morgan fingerprint density at radius 3 is 2.41 bits per heavy atom. The maximum Gasteiger partial charge on any atom is 0.0528 e. The first-order chi connectivity index (χ1) is 8.38. The van der Waals surface area contributed by atoms with Gasteiger partial charge in [-0.2, -0.15) is 0 Å². The molecule has 0 saturated carbocycles. The van der Waals surface area contributed by atoms with Gasteiger partial charge in [-0.05, 0) is 41.6 Å². The summed E-state index contributed by atoms with van der Waals surface area (Å²) in [5, 5.41) is 1.28. The van der Waals surface area contributed by atoms with Crippen molar-refractivity contribution in [3.8, 4) is 5.69 Å². The van der Waals surface area contributed by atoms with Crippen LogP contribution in [-0.2, 0) is 6.42 Å². The number of aryl methyl sites for hydroxylation is 1. The lowest BCUT2D eigenvalue weighted by Gasteiger charge is -2.06. The minimum atomic E-state index is 1.09. The molecule has 1 heterocycles. The topological polar surface area (TPSA) is 4.93 Å². The molecule has 2 aromatic carbocycles. The highest BCUT2D eigenvalue weighted by molar-refractivity contribution is 5.81. The van der Waals surface area contributed by atoms with Gasteiger partial charge in [0.2, 0.25) is 0 Å². The number of fused-ring (bicyclic) bond motifs is 1. The van der Waals surface area contributed by atoms with Crippen molar-refractivity contribution in [1.82, 2.24) is 4.57 Å². The molecule has 0 atom stereocenters. The Bertz CT molecular complexity index is 632. The number of rotatable bonds is 2. The number of aromatic nitrogens is 1. The van der Waals surface area contributed by atoms with Crippen LogP contribution in [0, 0.1) is 0 Å². The van der Waals surface area contributed by atoms with Crippen molar-refractivity contribution in [2.45, 2.75) is 13.3 Å². The summed E-state index contributed by atoms with van der Waals surface area (Å²) < 4.78 is 2.23. The van der Waals surface area contributed by atoms with Crippen LogP contribution in [0.25, 0.3) is 16.6 Å². The Kier molecular flexibility index (Phi) is 2.45. The molecule has 0 bridgehead atoms. The Morgan fingerprint density at radius 2 is 1.65 bits per heavy atom. The van der Waals surface area contributed by atoms with Gasteiger partial charge in [0, 0.05) is 11.9 Å². The predicted octanol–water partition coefficient (Wildman–Crippen LogP) is 4.19. The average Bonchev–Trinajstić information content (AvgIpc) is 2.83. The second-order valence-electron chi connectivity index (χ2n) is 4.26. The molecule has 0 unspecified atom stereocenters. The van der Waals surface area contributed by atoms with Crippen molar-refractivity contribution in [3.63, 3.8) is 0 Å². The van der Waals surface area contributed by atoms with E-state index in [9.17, 15) is 0 Å². The van der Waals surface area contributed by atoms with Gasteiger partial charge in [-0.25, -0.2) is 0 Å². The molecule has 17 heavy (non-hydrogen) atoms. The van der Waals surface area contributed by atoms with E-state index in [1.54, 1.807) is 0 Å². The highest BCUT2D eigenvalue weighted by Gasteiger charge is 2.01. The number of hydrogen-bond acceptors (Lipinski definition) is 0. The third-order valence-corrected chi connectivity index (χ3v) is 3.22. The normalized spacial score (nSPS) is 10.9. The molecule has 1 nitrogen and oxygen atoms in total. The van der Waals surface area contributed by atoms with E-state index in [0.717, 1.165) is 6.42 Å². The largest absolute Gasteiger partial charge is 0.317 e. The van der Waals surface area contributed by atoms with Gasteiger partial charge in [0.25, 0.3) is 0 Å². The lowest BCUT2D eigenvalue weighted by Crippen LogP contribution is -1.91. The third-order valence-electron chi connectivity index (χ3n) is 3.22. The molecular formula is C16H15N. The molecule has 1 heteroatoms. The molecule has 1 aromatic heterocycles. The van der Waals surface area contributed by atoms with E-state index >= 15 is 0 Å². The zero-order valence-electron chi connectivity index (χ0n) is 9.93. The van der Waals surface area contributed by atoms with Crippen LogP contribution in [0.5, 0.6) is 0 Å². The molecule has 84 valence electrons. The summed E-state index contributed by atoms with van der Waals surface area (Å²) in [6, 6.07) is 19.4. The van der Waals surface area contributed by atoms with Gasteiger partial charge in [-0.1, -0.05) is 37.3 Å². The number of nitrogens with zero attached hydrogens (tertiary/aromatic N) is 1. The average molecular weight is 221 g/mol. The molecule has 3 aromatic rings. The Morgan fingerprint density at radius 1 is 0.882 bits per heavy atom. The molecule has 3 rings (SSSR count). The van der Waals surface area contributed by atoms with Crippen LogP contribution in [0.15, 0.2) is 60.8 Å². The van der Waals surface area contributed by atoms with Crippen LogP contribution in [0.2, 0.25) is 0 Å². The summed E-state index contributed by atoms with van der Waals surface area (Å²) in [6.45, 7) is 2.18. The van der Waals surface area contributed by atoms with E-state index < -0.39 is 0 Å². The van der Waals surface area contributed by atoms with E-state index in [2.05, 4.69) is 72.3 Å². The number of para-hydroxylation sites is 1. The van der Waals surface area contributed by atoms with Crippen molar-refractivity contribution in [3.05, 3.63) is 66.4 Å². The highest BCUT2D eigenvalue weighted by atomic mass is 15.0. The molecule has 0 aliphatic heterocycles. The Labute approximate surface area is 101 Å². The van der Waals surface area contributed by atoms with Crippen molar-refractivity contribution >= 4 is 10.9 Å². The summed E-state index contributed by atoms with van der Waals surface area (Å²) in [6.07, 6.45) is 3.22. The maximum atomic E-state index is 2.23. The van der Waals surface area contributed by atoms with Gasteiger partial charge in [0.15, 0.2) is 0 Å². The second-order valence-corrected chi connectivity index (χ2v) is 4.26. The molecule has 0 amide bonds. The zero-order chi connectivity index (χ0) is 11.7. The predicted molar refractivity (Wildman–Crippen MR) is 72.7 cm³/mol. The van der Waals surface area contributed by atoms with E-state index in [0.29, 0.717) is 0 Å². The van der Waals surface area contributed by atoms with Gasteiger partial charge in [-0.15, -0.1) is 0 Å². The molecule has 0 N–H and O–H groups in total. The molecule has 0 saturated heterocycles. The third kappa shape index (κ3) is 1.74. The molecule has 0 spiro atoms. The minimum absolute atomic E-state index is 1.09. The second kappa shape index (κ2) is 4.10. The quantitative estimate of drug-likeness (QED) is 0.611. The first-order valence-corrected chi connectivity index (χ1v) is 6.04. The van der Waals surface area contributed by atoms with Crippen molar-refractivity contribution in [2.24, 2.45) is 0 Å². The molecule has 0 aliphatic carbocycles. The molecule has 0 aliphatic rings. The number of hydrogen-bond donors (Lipinski definition) is 0. The monoisotopic (exact) mass is 221 g/mol. The SMILES string of the molecule is CCc1ccc(-n2ccc3ccccc32)cc1. The summed E-state index contributed by atoms with van der Waals surface area (Å²) in [5.74, 6) is 0. The molecule has 0 fully saturated rings. The Balaban J connectivity index is 2.13. The van der Waals surface area contributed by atoms with Gasteiger partial charge in [0.1, 0.15) is 0 Å². The summed E-state index contributed by atoms with van der Waals surface area (Å²) >= 11 is 0. The summed E-state index contributed by atoms with van der Waals surface area (Å²) in [7, 11) is 0.